The molecule has 172 valence electrons. The van der Waals surface area contributed by atoms with Gasteiger partial charge in [0.2, 0.25) is 0 Å². The van der Waals surface area contributed by atoms with E-state index < -0.39 is 31.0 Å². The van der Waals surface area contributed by atoms with Crippen LogP contribution in [0, 0.1) is 0 Å². The number of hydrogen-bond acceptors (Lipinski definition) is 3. The summed E-state index contributed by atoms with van der Waals surface area (Å²) >= 11 is 0. The average Bonchev–Trinajstić information content (AvgIpc) is 3.21. The molecule has 0 amide bonds. The van der Waals surface area contributed by atoms with Crippen molar-refractivity contribution in [3.05, 3.63) is 60.2 Å². The Morgan fingerprint density at radius 3 is 1.59 bits per heavy atom. The molecule has 2 aromatic carbocycles. The van der Waals surface area contributed by atoms with Crippen molar-refractivity contribution in [1.82, 2.24) is 4.90 Å². The summed E-state index contributed by atoms with van der Waals surface area (Å²) in [6, 6.07) is 18.4. The van der Waals surface area contributed by atoms with Gasteiger partial charge in [0.05, 0.1) is 0 Å². The molecule has 0 aliphatic rings. The molecule has 0 spiro atoms. The number of rotatable bonds is 4. The summed E-state index contributed by atoms with van der Waals surface area (Å²) in [6.07, 6.45) is -18.4. The Morgan fingerprint density at radius 1 is 0.897 bits per heavy atom. The fraction of sp³-hybridized carbons (Fsp3) is 0.444. The first-order valence-corrected chi connectivity index (χ1v) is 7.85. The summed E-state index contributed by atoms with van der Waals surface area (Å²) in [5.41, 5.74) is 1.39. The summed E-state index contributed by atoms with van der Waals surface area (Å²) in [4.78, 5) is 2.16. The van der Waals surface area contributed by atoms with E-state index >= 15 is 0 Å². The third kappa shape index (κ3) is 18.0. The Hall–Kier alpha value is -0.528. The van der Waals surface area contributed by atoms with Crippen LogP contribution in [0.15, 0.2) is 54.6 Å². The van der Waals surface area contributed by atoms with Gasteiger partial charge >= 0.3 is 33.4 Å². The van der Waals surface area contributed by atoms with Crippen LogP contribution in [-0.4, -0.2) is 53.8 Å². The Balaban J connectivity index is -0.000000366. The third-order valence-corrected chi connectivity index (χ3v) is 2.99. The fourth-order valence-corrected chi connectivity index (χ4v) is 1.68. The van der Waals surface area contributed by atoms with Gasteiger partial charge in [-0.15, -0.1) is 0 Å². The number of aliphatic hydroxyl groups is 2. The molecule has 0 aliphatic heterocycles. The van der Waals surface area contributed by atoms with Gasteiger partial charge in [-0.3, -0.25) is 0 Å². The smallest absolute Gasteiger partial charge is 0.384 e. The minimum Gasteiger partial charge on any atom is -0.384 e. The van der Waals surface area contributed by atoms with Crippen LogP contribution < -0.4 is 0 Å². The van der Waals surface area contributed by atoms with Crippen molar-refractivity contribution in [2.45, 2.75) is 37.5 Å². The molecule has 2 N–H and O–H groups in total. The van der Waals surface area contributed by atoms with E-state index in [-0.39, 0.29) is 40.5 Å². The van der Waals surface area contributed by atoms with Crippen LogP contribution in [0.5, 0.6) is 0 Å². The van der Waals surface area contributed by atoms with E-state index in [1.807, 2.05) is 30.3 Å². The maximum atomic E-state index is 11.5. The molecule has 0 heterocycles. The third-order valence-electron chi connectivity index (χ3n) is 2.99. The standard InChI is InChI=1S/C8H12N.C5H6F6O2.C5H5.Pt.Ru/c1-9(2)7-8-5-3-4-6-8;6-4(7,8)2(12)1-3(13)5(9,10)11;1-2-4-5-3-1;;/h3-6H,7H2,1-2H3;2-3,12-13H,1H2;1-5H;;/q-1;;-1;+2;. The topological polar surface area (TPSA) is 43.7 Å². The van der Waals surface area contributed by atoms with Gasteiger partial charge in [-0.1, -0.05) is 0 Å². The van der Waals surface area contributed by atoms with Gasteiger partial charge in [-0.05, 0) is 20.6 Å². The van der Waals surface area contributed by atoms with Gasteiger partial charge in [0, 0.05) is 25.9 Å². The van der Waals surface area contributed by atoms with Gasteiger partial charge in [0.15, 0.2) is 12.2 Å². The maximum absolute atomic E-state index is 11.5. The number of aliphatic hydroxyl groups excluding tert-OH is 2. The molecular formula is C18H23F6NO2PtRu. The normalized spacial score (nSPS) is 12.9. The summed E-state index contributed by atoms with van der Waals surface area (Å²) in [6.45, 7) is 1.05. The molecule has 2 aromatic rings. The first-order chi connectivity index (χ1) is 12.3. The molecule has 0 fully saturated rings. The maximum Gasteiger partial charge on any atom is 2.00 e. The van der Waals surface area contributed by atoms with E-state index in [9.17, 15) is 26.3 Å². The molecule has 0 radical (unpaired) electrons. The first kappa shape index (κ1) is 33.1. The Kier molecular flexibility index (Phi) is 18.5. The van der Waals surface area contributed by atoms with E-state index in [2.05, 4.69) is 43.3 Å². The summed E-state index contributed by atoms with van der Waals surface area (Å²) < 4.78 is 68.8. The Labute approximate surface area is 193 Å². The van der Waals surface area contributed by atoms with Crippen LogP contribution >= 0.6 is 0 Å². The molecule has 0 saturated carbocycles. The van der Waals surface area contributed by atoms with E-state index in [1.54, 1.807) is 0 Å². The van der Waals surface area contributed by atoms with Gasteiger partial charge in [-0.2, -0.15) is 62.2 Å². The van der Waals surface area contributed by atoms with Crippen LogP contribution in [0.1, 0.15) is 12.0 Å². The zero-order chi connectivity index (χ0) is 21.1. The van der Waals surface area contributed by atoms with Gasteiger partial charge in [-0.25, -0.2) is 24.3 Å². The summed E-state index contributed by atoms with van der Waals surface area (Å²) in [7, 11) is 4.15. The predicted octanol–water partition coefficient (Wildman–Crippen LogP) is 4.09. The minimum atomic E-state index is -5.15. The van der Waals surface area contributed by atoms with Crippen molar-refractivity contribution in [2.75, 3.05) is 14.1 Å². The van der Waals surface area contributed by atoms with Gasteiger partial charge in [0.1, 0.15) is 0 Å². The monoisotopic (exact) mass is 696 g/mol. The van der Waals surface area contributed by atoms with Crippen LogP contribution in [0.2, 0.25) is 0 Å². The zero-order valence-electron chi connectivity index (χ0n) is 15.5. The largest absolute Gasteiger partial charge is 2.00 e. The quantitative estimate of drug-likeness (QED) is 0.288. The number of halogens is 6. The molecule has 0 saturated heterocycles. The molecule has 0 aromatic heterocycles. The molecule has 3 nitrogen and oxygen atoms in total. The second kappa shape index (κ2) is 16.2. The van der Waals surface area contributed by atoms with E-state index in [0.717, 1.165) is 6.54 Å². The number of hydrogen-bond donors (Lipinski definition) is 2. The van der Waals surface area contributed by atoms with Crippen molar-refractivity contribution >= 4 is 0 Å². The molecular weight excluding hydrogens is 672 g/mol. The molecule has 0 aliphatic carbocycles. The van der Waals surface area contributed by atoms with E-state index in [0.29, 0.717) is 0 Å². The van der Waals surface area contributed by atoms with Crippen LogP contribution in [0.4, 0.5) is 26.3 Å². The van der Waals surface area contributed by atoms with E-state index in [4.69, 9.17) is 10.2 Å². The summed E-state index contributed by atoms with van der Waals surface area (Å²) in [5, 5.41) is 16.3. The van der Waals surface area contributed by atoms with Crippen molar-refractivity contribution in [3.63, 3.8) is 0 Å². The molecule has 2 unspecified atom stereocenters. The second-order valence-corrected chi connectivity index (χ2v) is 5.84. The first-order valence-electron chi connectivity index (χ1n) is 7.85. The molecule has 2 rings (SSSR count). The second-order valence-electron chi connectivity index (χ2n) is 5.84. The van der Waals surface area contributed by atoms with Crippen LogP contribution in [-0.2, 0) is 47.1 Å². The fourth-order valence-electron chi connectivity index (χ4n) is 1.68. The molecule has 11 heteroatoms. The minimum absolute atomic E-state index is 0. The molecule has 0 bridgehead atoms. The number of alkyl halides is 6. The van der Waals surface area contributed by atoms with Crippen LogP contribution in [0.25, 0.3) is 0 Å². The molecule has 29 heavy (non-hydrogen) atoms. The SMILES string of the molecule is CN(C)Cc1ccc[cH-]1.OC(CC(O)C(F)(F)F)C(F)(F)F.[Pt+2].[Ru].c1cc[cH-]c1. The molecule has 2 atom stereocenters. The van der Waals surface area contributed by atoms with Crippen molar-refractivity contribution in [3.8, 4) is 0 Å². The van der Waals surface area contributed by atoms with Gasteiger partial charge in [0.25, 0.3) is 0 Å². The predicted molar refractivity (Wildman–Crippen MR) is 90.2 cm³/mol. The average molecular weight is 696 g/mol. The van der Waals surface area contributed by atoms with E-state index in [1.165, 1.54) is 5.56 Å². The van der Waals surface area contributed by atoms with Crippen LogP contribution in [0.3, 0.4) is 0 Å². The van der Waals surface area contributed by atoms with Crippen molar-refractivity contribution < 1.29 is 77.1 Å². The number of nitrogens with zero attached hydrogens (tertiary/aromatic N) is 1. The van der Waals surface area contributed by atoms with Gasteiger partial charge < -0.3 is 15.1 Å². The Morgan fingerprint density at radius 2 is 1.34 bits per heavy atom. The van der Waals surface area contributed by atoms with Crippen molar-refractivity contribution in [2.24, 2.45) is 0 Å². The Bertz CT molecular complexity index is 539. The summed E-state index contributed by atoms with van der Waals surface area (Å²) in [5.74, 6) is 0. The van der Waals surface area contributed by atoms with Crippen molar-refractivity contribution in [1.29, 1.82) is 0 Å². The zero-order valence-corrected chi connectivity index (χ0v) is 19.6.